The lowest BCUT2D eigenvalue weighted by Gasteiger charge is -2.34. The molecular formula is C14H16N4OS. The van der Waals surface area contributed by atoms with Crippen LogP contribution in [0.15, 0.2) is 24.0 Å². The standard InChI is InChI=1S/C14H16N4OS/c1-10-9-20-13(17-10)12-4-2-3-7-18(12)14(19)11-8-15-5-6-16-11/h5-6,8-9,12H,2-4,7H2,1H3. The third-order valence-corrected chi connectivity index (χ3v) is 4.53. The Hall–Kier alpha value is -1.82. The van der Waals surface area contributed by atoms with Crippen molar-refractivity contribution >= 4 is 17.2 Å². The first-order valence-electron chi connectivity index (χ1n) is 6.75. The lowest BCUT2D eigenvalue weighted by molar-refractivity contribution is 0.0604. The second-order valence-electron chi connectivity index (χ2n) is 4.93. The molecule has 1 saturated heterocycles. The highest BCUT2D eigenvalue weighted by Gasteiger charge is 2.31. The van der Waals surface area contributed by atoms with E-state index < -0.39 is 0 Å². The van der Waals surface area contributed by atoms with Crippen molar-refractivity contribution in [1.82, 2.24) is 19.9 Å². The number of hydrogen-bond donors (Lipinski definition) is 0. The van der Waals surface area contributed by atoms with E-state index in [0.717, 1.165) is 36.5 Å². The monoisotopic (exact) mass is 288 g/mol. The van der Waals surface area contributed by atoms with Crippen molar-refractivity contribution in [2.45, 2.75) is 32.2 Å². The van der Waals surface area contributed by atoms with Gasteiger partial charge in [0, 0.05) is 30.0 Å². The third-order valence-electron chi connectivity index (χ3n) is 3.47. The molecule has 5 nitrogen and oxygen atoms in total. The second kappa shape index (κ2) is 5.66. The van der Waals surface area contributed by atoms with E-state index in [-0.39, 0.29) is 11.9 Å². The van der Waals surface area contributed by atoms with Gasteiger partial charge >= 0.3 is 0 Å². The summed E-state index contributed by atoms with van der Waals surface area (Å²) in [5, 5.41) is 3.06. The van der Waals surface area contributed by atoms with Gasteiger partial charge in [0.25, 0.3) is 5.91 Å². The maximum atomic E-state index is 12.6. The molecule has 2 aromatic rings. The van der Waals surface area contributed by atoms with E-state index in [2.05, 4.69) is 15.0 Å². The summed E-state index contributed by atoms with van der Waals surface area (Å²) in [5.74, 6) is -0.0457. The van der Waals surface area contributed by atoms with Crippen molar-refractivity contribution in [2.24, 2.45) is 0 Å². The summed E-state index contributed by atoms with van der Waals surface area (Å²) in [6.45, 7) is 2.75. The van der Waals surface area contributed by atoms with Crippen LogP contribution in [0.5, 0.6) is 0 Å². The molecule has 0 bridgehead atoms. The van der Waals surface area contributed by atoms with Gasteiger partial charge < -0.3 is 4.90 Å². The summed E-state index contributed by atoms with van der Waals surface area (Å²) in [7, 11) is 0. The zero-order valence-electron chi connectivity index (χ0n) is 11.3. The van der Waals surface area contributed by atoms with Gasteiger partial charge in [-0.05, 0) is 26.2 Å². The maximum Gasteiger partial charge on any atom is 0.274 e. The number of carbonyl (C=O) groups excluding carboxylic acids is 1. The molecule has 3 rings (SSSR count). The molecular weight excluding hydrogens is 272 g/mol. The van der Waals surface area contributed by atoms with Crippen molar-refractivity contribution in [3.8, 4) is 0 Å². The molecule has 1 amide bonds. The Morgan fingerprint density at radius 3 is 3.00 bits per heavy atom. The Morgan fingerprint density at radius 1 is 1.40 bits per heavy atom. The number of carbonyl (C=O) groups is 1. The van der Waals surface area contributed by atoms with Gasteiger partial charge in [0.05, 0.1) is 12.2 Å². The zero-order valence-corrected chi connectivity index (χ0v) is 12.1. The lowest BCUT2D eigenvalue weighted by Crippen LogP contribution is -2.38. The number of aromatic nitrogens is 3. The van der Waals surface area contributed by atoms with Crippen LogP contribution in [0.2, 0.25) is 0 Å². The summed E-state index contributed by atoms with van der Waals surface area (Å²) in [6.07, 6.45) is 7.80. The average molecular weight is 288 g/mol. The summed E-state index contributed by atoms with van der Waals surface area (Å²) in [6, 6.07) is 0.0805. The van der Waals surface area contributed by atoms with Gasteiger partial charge in [0.2, 0.25) is 0 Å². The fraction of sp³-hybridized carbons (Fsp3) is 0.429. The minimum absolute atomic E-state index is 0.0457. The van der Waals surface area contributed by atoms with Crippen LogP contribution in [0.25, 0.3) is 0 Å². The molecule has 0 aliphatic carbocycles. The summed E-state index contributed by atoms with van der Waals surface area (Å²) in [5.41, 5.74) is 1.43. The van der Waals surface area contributed by atoms with E-state index in [9.17, 15) is 4.79 Å². The van der Waals surface area contributed by atoms with Crippen LogP contribution >= 0.6 is 11.3 Å². The van der Waals surface area contributed by atoms with Crippen LogP contribution in [0, 0.1) is 6.92 Å². The van der Waals surface area contributed by atoms with Gasteiger partial charge in [-0.2, -0.15) is 0 Å². The van der Waals surface area contributed by atoms with Crippen LogP contribution in [0.4, 0.5) is 0 Å². The van der Waals surface area contributed by atoms with Crippen molar-refractivity contribution < 1.29 is 4.79 Å². The fourth-order valence-electron chi connectivity index (χ4n) is 2.51. The molecule has 6 heteroatoms. The number of amides is 1. The van der Waals surface area contributed by atoms with Crippen molar-refractivity contribution in [1.29, 1.82) is 0 Å². The SMILES string of the molecule is Cc1csc(C2CCCCN2C(=O)c2cnccn2)n1. The number of thiazole rings is 1. The van der Waals surface area contributed by atoms with E-state index in [4.69, 9.17) is 0 Å². The molecule has 1 aliphatic rings. The van der Waals surface area contributed by atoms with Crippen LogP contribution in [-0.4, -0.2) is 32.3 Å². The van der Waals surface area contributed by atoms with Crippen LogP contribution < -0.4 is 0 Å². The molecule has 104 valence electrons. The Morgan fingerprint density at radius 2 is 2.30 bits per heavy atom. The molecule has 1 atom stereocenters. The normalized spacial score (nSPS) is 19.1. The maximum absolute atomic E-state index is 12.6. The molecule has 0 radical (unpaired) electrons. The number of rotatable bonds is 2. The highest BCUT2D eigenvalue weighted by atomic mass is 32.1. The summed E-state index contributed by atoms with van der Waals surface area (Å²) in [4.78, 5) is 27.1. The molecule has 20 heavy (non-hydrogen) atoms. The first kappa shape index (κ1) is 13.2. The molecule has 0 aromatic carbocycles. The van der Waals surface area contributed by atoms with Crippen molar-refractivity contribution in [3.05, 3.63) is 40.4 Å². The Balaban J connectivity index is 1.87. The fourth-order valence-corrected chi connectivity index (χ4v) is 3.46. The second-order valence-corrected chi connectivity index (χ2v) is 5.82. The minimum Gasteiger partial charge on any atom is -0.328 e. The van der Waals surface area contributed by atoms with Crippen molar-refractivity contribution in [3.63, 3.8) is 0 Å². The zero-order chi connectivity index (χ0) is 13.9. The summed E-state index contributed by atoms with van der Waals surface area (Å²) >= 11 is 1.63. The number of likely N-dealkylation sites (tertiary alicyclic amines) is 1. The number of nitrogens with zero attached hydrogens (tertiary/aromatic N) is 4. The molecule has 1 aliphatic heterocycles. The van der Waals surface area contributed by atoms with Gasteiger partial charge in [-0.1, -0.05) is 0 Å². The molecule has 3 heterocycles. The predicted molar refractivity (Wildman–Crippen MR) is 76.5 cm³/mol. The van der Waals surface area contributed by atoms with E-state index in [1.165, 1.54) is 6.20 Å². The number of hydrogen-bond acceptors (Lipinski definition) is 5. The molecule has 1 fully saturated rings. The largest absolute Gasteiger partial charge is 0.328 e. The van der Waals surface area contributed by atoms with Crippen LogP contribution in [0.3, 0.4) is 0 Å². The van der Waals surface area contributed by atoms with Crippen LogP contribution in [0.1, 0.15) is 46.5 Å². The molecule has 1 unspecified atom stereocenters. The van der Waals surface area contributed by atoms with Gasteiger partial charge in [-0.25, -0.2) is 9.97 Å². The average Bonchev–Trinajstić information content (AvgIpc) is 2.94. The number of aryl methyl sites for hydroxylation is 1. The minimum atomic E-state index is -0.0457. The van der Waals surface area contributed by atoms with Crippen LogP contribution in [-0.2, 0) is 0 Å². The van der Waals surface area contributed by atoms with E-state index in [1.54, 1.807) is 23.7 Å². The highest BCUT2D eigenvalue weighted by molar-refractivity contribution is 7.09. The molecule has 0 saturated carbocycles. The first-order chi connectivity index (χ1) is 9.75. The van der Waals surface area contributed by atoms with Gasteiger partial charge in [0.15, 0.2) is 0 Å². The Bertz CT molecular complexity index is 598. The van der Waals surface area contributed by atoms with E-state index in [1.807, 2.05) is 17.2 Å². The topological polar surface area (TPSA) is 59.0 Å². The molecule has 0 N–H and O–H groups in total. The third kappa shape index (κ3) is 2.56. The number of piperidine rings is 1. The van der Waals surface area contributed by atoms with Crippen molar-refractivity contribution in [2.75, 3.05) is 6.54 Å². The molecule has 2 aromatic heterocycles. The van der Waals surface area contributed by atoms with Gasteiger partial charge in [0.1, 0.15) is 10.7 Å². The predicted octanol–water partition coefficient (Wildman–Crippen LogP) is 2.61. The van der Waals surface area contributed by atoms with Gasteiger partial charge in [-0.15, -0.1) is 11.3 Å². The van der Waals surface area contributed by atoms with E-state index in [0.29, 0.717) is 5.69 Å². The Labute approximate surface area is 121 Å². The van der Waals surface area contributed by atoms with E-state index >= 15 is 0 Å². The highest BCUT2D eigenvalue weighted by Crippen LogP contribution is 2.33. The Kier molecular flexibility index (Phi) is 3.73. The lowest BCUT2D eigenvalue weighted by atomic mass is 10.0. The smallest absolute Gasteiger partial charge is 0.274 e. The van der Waals surface area contributed by atoms with Gasteiger partial charge in [-0.3, -0.25) is 9.78 Å². The summed E-state index contributed by atoms with van der Waals surface area (Å²) < 4.78 is 0. The molecule has 0 spiro atoms. The quantitative estimate of drug-likeness (QED) is 0.852. The first-order valence-corrected chi connectivity index (χ1v) is 7.62.